The van der Waals surface area contributed by atoms with Crippen LogP contribution >= 0.6 is 0 Å². The van der Waals surface area contributed by atoms with E-state index in [0.717, 1.165) is 0 Å². The fourth-order valence-electron chi connectivity index (χ4n) is 2.57. The third-order valence-electron chi connectivity index (χ3n) is 4.18. The Morgan fingerprint density at radius 1 is 1.00 bits per heavy atom. The molecule has 2 rings (SSSR count). The highest BCUT2D eigenvalue weighted by molar-refractivity contribution is 6.05. The van der Waals surface area contributed by atoms with E-state index in [9.17, 15) is 27.9 Å². The van der Waals surface area contributed by atoms with Crippen LogP contribution in [0.4, 0.5) is 24.5 Å². The fraction of sp³-hybridized carbons (Fsp3) is 0.286. The molecule has 2 aromatic rings. The number of carboxylic acid groups (broad SMARTS) is 2. The Morgan fingerprint density at radius 3 is 1.94 bits per heavy atom. The number of hydrogen-bond donors (Lipinski definition) is 3. The van der Waals surface area contributed by atoms with E-state index in [-0.39, 0.29) is 11.5 Å². The van der Waals surface area contributed by atoms with Gasteiger partial charge in [-0.2, -0.15) is 13.2 Å². The maximum absolute atomic E-state index is 12.3. The molecule has 0 aliphatic carbocycles. The Labute approximate surface area is 182 Å². The number of aromatic carboxylic acids is 1. The van der Waals surface area contributed by atoms with Crippen molar-refractivity contribution < 1.29 is 42.5 Å². The first-order valence-corrected chi connectivity index (χ1v) is 9.32. The number of carbonyl (C=O) groups is 3. The molecule has 0 aliphatic rings. The zero-order chi connectivity index (χ0) is 24.5. The summed E-state index contributed by atoms with van der Waals surface area (Å²) in [6, 6.07) is 11.6. The summed E-state index contributed by atoms with van der Waals surface area (Å²) in [4.78, 5) is 34.8. The monoisotopic (exact) mass is 456 g/mol. The molecule has 11 heteroatoms. The minimum Gasteiger partial charge on any atom is -0.497 e. The topological polar surface area (TPSA) is 116 Å². The third-order valence-corrected chi connectivity index (χ3v) is 4.18. The first-order valence-electron chi connectivity index (χ1n) is 9.32. The predicted molar refractivity (Wildman–Crippen MR) is 112 cm³/mol. The van der Waals surface area contributed by atoms with Crippen molar-refractivity contribution in [3.05, 3.63) is 53.6 Å². The van der Waals surface area contributed by atoms with Gasteiger partial charge in [-0.3, -0.25) is 4.79 Å². The van der Waals surface area contributed by atoms with E-state index < -0.39 is 18.1 Å². The van der Waals surface area contributed by atoms with Crippen molar-refractivity contribution in [1.82, 2.24) is 0 Å². The number of methoxy groups -OCH3 is 1. The Hall–Kier alpha value is -3.76. The highest BCUT2D eigenvalue weighted by Crippen LogP contribution is 2.25. The maximum Gasteiger partial charge on any atom is 0.490 e. The Bertz CT molecular complexity index is 942. The molecule has 3 N–H and O–H groups in total. The number of anilines is 2. The average molecular weight is 456 g/mol. The summed E-state index contributed by atoms with van der Waals surface area (Å²) in [6.45, 7) is 5.34. The molecule has 0 bridgehead atoms. The molecule has 0 aliphatic heterocycles. The molecule has 1 amide bonds. The lowest BCUT2D eigenvalue weighted by atomic mass is 10.1. The predicted octanol–water partition coefficient (Wildman–Crippen LogP) is 4.13. The van der Waals surface area contributed by atoms with Crippen molar-refractivity contribution in [3.63, 3.8) is 0 Å². The van der Waals surface area contributed by atoms with Crippen LogP contribution in [0.5, 0.6) is 5.75 Å². The fourth-order valence-corrected chi connectivity index (χ4v) is 2.57. The Morgan fingerprint density at radius 2 is 1.53 bits per heavy atom. The zero-order valence-electron chi connectivity index (χ0n) is 17.6. The number of rotatable bonds is 7. The number of carbonyl (C=O) groups excluding carboxylic acids is 1. The van der Waals surface area contributed by atoms with Crippen molar-refractivity contribution in [2.75, 3.05) is 30.4 Å². The molecule has 0 radical (unpaired) electrons. The number of carboxylic acids is 2. The van der Waals surface area contributed by atoms with Gasteiger partial charge >= 0.3 is 18.1 Å². The van der Waals surface area contributed by atoms with Crippen molar-refractivity contribution in [1.29, 1.82) is 0 Å². The molecule has 32 heavy (non-hydrogen) atoms. The van der Waals surface area contributed by atoms with E-state index in [0.29, 0.717) is 35.8 Å². The lowest BCUT2D eigenvalue weighted by Crippen LogP contribution is -2.24. The molecule has 2 aromatic carbocycles. The average Bonchev–Trinajstić information content (AvgIpc) is 2.75. The standard InChI is InChI=1S/C19H22N2O4.C2HF3O2/c1-4-21(5-2)17-11-8-14(12-16(17)19(23)24)20-18(22)13-6-9-15(25-3)10-7-13;3-2(4,5)1(6)7/h6-12H,4-5H2,1-3H3,(H,20,22)(H,23,24);(H,6,7). The van der Waals surface area contributed by atoms with E-state index in [1.54, 1.807) is 43.5 Å². The number of halogens is 3. The lowest BCUT2D eigenvalue weighted by Gasteiger charge is -2.23. The minimum absolute atomic E-state index is 0.163. The van der Waals surface area contributed by atoms with Crippen molar-refractivity contribution in [2.45, 2.75) is 20.0 Å². The lowest BCUT2D eigenvalue weighted by molar-refractivity contribution is -0.192. The van der Waals surface area contributed by atoms with E-state index >= 15 is 0 Å². The van der Waals surface area contributed by atoms with E-state index in [2.05, 4.69) is 5.32 Å². The van der Waals surface area contributed by atoms with Crippen molar-refractivity contribution in [2.24, 2.45) is 0 Å². The highest BCUT2D eigenvalue weighted by atomic mass is 19.4. The van der Waals surface area contributed by atoms with Gasteiger partial charge in [-0.25, -0.2) is 9.59 Å². The van der Waals surface area contributed by atoms with Crippen LogP contribution in [0, 0.1) is 0 Å². The van der Waals surface area contributed by atoms with Crippen LogP contribution in [-0.2, 0) is 4.79 Å². The van der Waals surface area contributed by atoms with Crippen LogP contribution < -0.4 is 15.0 Å². The van der Waals surface area contributed by atoms with Gasteiger partial charge in [0.1, 0.15) is 5.75 Å². The molecule has 0 unspecified atom stereocenters. The number of hydrogen-bond acceptors (Lipinski definition) is 5. The molecule has 0 spiro atoms. The van der Waals surface area contributed by atoms with Crippen LogP contribution in [0.25, 0.3) is 0 Å². The summed E-state index contributed by atoms with van der Waals surface area (Å²) in [5, 5.41) is 19.3. The quantitative estimate of drug-likeness (QED) is 0.574. The molecule has 0 saturated heterocycles. The summed E-state index contributed by atoms with van der Waals surface area (Å²) >= 11 is 0. The first kappa shape index (κ1) is 26.3. The van der Waals surface area contributed by atoms with E-state index in [1.165, 1.54) is 6.07 Å². The highest BCUT2D eigenvalue weighted by Gasteiger charge is 2.38. The second-order valence-electron chi connectivity index (χ2n) is 6.19. The van der Waals surface area contributed by atoms with E-state index in [4.69, 9.17) is 14.6 Å². The van der Waals surface area contributed by atoms with Gasteiger partial charge < -0.3 is 25.2 Å². The van der Waals surface area contributed by atoms with Gasteiger partial charge in [-0.15, -0.1) is 0 Å². The Kier molecular flexibility index (Phi) is 9.51. The minimum atomic E-state index is -5.08. The second-order valence-corrected chi connectivity index (χ2v) is 6.19. The number of alkyl halides is 3. The molecule has 8 nitrogen and oxygen atoms in total. The van der Waals surface area contributed by atoms with Gasteiger partial charge in [0.15, 0.2) is 0 Å². The van der Waals surface area contributed by atoms with Gasteiger partial charge in [0.05, 0.1) is 18.4 Å². The number of nitrogens with zero attached hydrogens (tertiary/aromatic N) is 1. The largest absolute Gasteiger partial charge is 0.497 e. The molecule has 0 heterocycles. The number of amides is 1. The third kappa shape index (κ3) is 7.49. The molecule has 0 saturated carbocycles. The summed E-state index contributed by atoms with van der Waals surface area (Å²) in [7, 11) is 1.56. The zero-order valence-corrected chi connectivity index (χ0v) is 17.6. The summed E-state index contributed by atoms with van der Waals surface area (Å²) in [5.41, 5.74) is 1.70. The van der Waals surface area contributed by atoms with Crippen LogP contribution in [0.2, 0.25) is 0 Å². The second kappa shape index (κ2) is 11.6. The van der Waals surface area contributed by atoms with Gasteiger partial charge in [0.25, 0.3) is 5.91 Å². The van der Waals surface area contributed by atoms with Crippen LogP contribution in [0.3, 0.4) is 0 Å². The number of benzene rings is 2. The van der Waals surface area contributed by atoms with Gasteiger partial charge in [0, 0.05) is 24.3 Å². The van der Waals surface area contributed by atoms with Crippen molar-refractivity contribution >= 4 is 29.2 Å². The molecule has 0 fully saturated rings. The maximum atomic E-state index is 12.3. The van der Waals surface area contributed by atoms with Gasteiger partial charge in [0.2, 0.25) is 0 Å². The molecular formula is C21H23F3N2O6. The molecule has 0 atom stereocenters. The van der Waals surface area contributed by atoms with Crippen LogP contribution in [0.15, 0.2) is 42.5 Å². The van der Waals surface area contributed by atoms with Crippen molar-refractivity contribution in [3.8, 4) is 5.75 Å². The number of ether oxygens (including phenoxy) is 1. The van der Waals surface area contributed by atoms with Gasteiger partial charge in [-0.05, 0) is 56.3 Å². The summed E-state index contributed by atoms with van der Waals surface area (Å²) in [6.07, 6.45) is -5.08. The summed E-state index contributed by atoms with van der Waals surface area (Å²) in [5.74, 6) is -3.43. The molecule has 174 valence electrons. The van der Waals surface area contributed by atoms with Crippen LogP contribution in [0.1, 0.15) is 34.6 Å². The SMILES string of the molecule is CCN(CC)c1ccc(NC(=O)c2ccc(OC)cc2)cc1C(=O)O.O=C(O)C(F)(F)F. The normalized spacial score (nSPS) is 10.4. The van der Waals surface area contributed by atoms with E-state index in [1.807, 2.05) is 18.7 Å². The first-order chi connectivity index (χ1) is 14.9. The molecular weight excluding hydrogens is 433 g/mol. The Balaban J connectivity index is 0.000000633. The smallest absolute Gasteiger partial charge is 0.490 e. The van der Waals surface area contributed by atoms with Gasteiger partial charge in [-0.1, -0.05) is 0 Å². The molecule has 0 aromatic heterocycles. The summed E-state index contributed by atoms with van der Waals surface area (Å²) < 4.78 is 36.8. The number of aliphatic carboxylic acids is 1. The van der Waals surface area contributed by atoms with Crippen LogP contribution in [-0.4, -0.2) is 54.4 Å². The number of nitrogens with one attached hydrogen (secondary N) is 1.